The van der Waals surface area contributed by atoms with Crippen LogP contribution < -0.4 is 16.2 Å². The topological polar surface area (TPSA) is 105 Å². The molecule has 21 heavy (non-hydrogen) atoms. The number of fused-ring (bicyclic) bond motifs is 1. The number of phenolic OH excluding ortho intramolecular Hbond substituents is 1. The van der Waals surface area contributed by atoms with Crippen molar-refractivity contribution < 1.29 is 9.84 Å². The van der Waals surface area contributed by atoms with Crippen molar-refractivity contribution in [3.8, 4) is 17.6 Å². The number of nitrogen functional groups attached to an aromatic ring is 1. The summed E-state index contributed by atoms with van der Waals surface area (Å²) in [5.41, 5.74) is 14.0. The molecule has 0 spiro atoms. The van der Waals surface area contributed by atoms with E-state index in [1.165, 1.54) is 0 Å². The summed E-state index contributed by atoms with van der Waals surface area (Å²) in [6, 6.07) is 14.1. The standard InChI is InChI=1S/C16H13N3O2/c17-8-13-15(9-2-1-3-11(20)6-9)12-5-4-10(18)7-14(12)21-16(13)19/h1-7,15,20H,18-19H2. The zero-order valence-electron chi connectivity index (χ0n) is 11.1. The van der Waals surface area contributed by atoms with Gasteiger partial charge >= 0.3 is 0 Å². The number of allylic oxidation sites excluding steroid dienone is 1. The number of hydrogen-bond donors (Lipinski definition) is 3. The van der Waals surface area contributed by atoms with Crippen molar-refractivity contribution in [1.29, 1.82) is 5.26 Å². The Morgan fingerprint density at radius 1 is 1.14 bits per heavy atom. The zero-order chi connectivity index (χ0) is 15.0. The SMILES string of the molecule is N#CC1=C(N)Oc2cc(N)ccc2C1c1cccc(O)c1. The highest BCUT2D eigenvalue weighted by molar-refractivity contribution is 5.59. The van der Waals surface area contributed by atoms with E-state index in [0.717, 1.165) is 11.1 Å². The van der Waals surface area contributed by atoms with Gasteiger partial charge in [-0.2, -0.15) is 5.26 Å². The molecule has 0 radical (unpaired) electrons. The van der Waals surface area contributed by atoms with Gasteiger partial charge in [0.05, 0.1) is 5.92 Å². The summed E-state index contributed by atoms with van der Waals surface area (Å²) in [6.07, 6.45) is 0. The number of rotatable bonds is 1. The molecule has 5 N–H and O–H groups in total. The Labute approximate surface area is 121 Å². The molecule has 1 unspecified atom stereocenters. The molecule has 0 saturated heterocycles. The van der Waals surface area contributed by atoms with Crippen LogP contribution in [0.2, 0.25) is 0 Å². The summed E-state index contributed by atoms with van der Waals surface area (Å²) in [5, 5.41) is 19.1. The second-order valence-corrected chi connectivity index (χ2v) is 4.82. The molecule has 5 nitrogen and oxygen atoms in total. The second-order valence-electron chi connectivity index (χ2n) is 4.82. The van der Waals surface area contributed by atoms with Crippen molar-refractivity contribution in [3.05, 3.63) is 65.0 Å². The smallest absolute Gasteiger partial charge is 0.205 e. The highest BCUT2D eigenvalue weighted by atomic mass is 16.5. The molecule has 3 rings (SSSR count). The number of phenols is 1. The van der Waals surface area contributed by atoms with Crippen molar-refractivity contribution in [2.75, 3.05) is 5.73 Å². The first-order valence-corrected chi connectivity index (χ1v) is 6.36. The highest BCUT2D eigenvalue weighted by Crippen LogP contribution is 2.43. The summed E-state index contributed by atoms with van der Waals surface area (Å²) in [4.78, 5) is 0. The van der Waals surface area contributed by atoms with E-state index < -0.39 is 0 Å². The molecule has 1 heterocycles. The summed E-state index contributed by atoms with van der Waals surface area (Å²) in [6.45, 7) is 0. The molecular weight excluding hydrogens is 266 g/mol. The van der Waals surface area contributed by atoms with E-state index in [-0.39, 0.29) is 17.6 Å². The van der Waals surface area contributed by atoms with Crippen molar-refractivity contribution in [2.45, 2.75) is 5.92 Å². The summed E-state index contributed by atoms with van der Waals surface area (Å²) in [7, 11) is 0. The third-order valence-corrected chi connectivity index (χ3v) is 3.45. The number of anilines is 1. The van der Waals surface area contributed by atoms with Gasteiger partial charge in [0.15, 0.2) is 0 Å². The fraction of sp³-hybridized carbons (Fsp3) is 0.0625. The number of hydrogen-bond acceptors (Lipinski definition) is 5. The third kappa shape index (κ3) is 2.13. The lowest BCUT2D eigenvalue weighted by atomic mass is 9.83. The molecule has 0 fully saturated rings. The monoisotopic (exact) mass is 279 g/mol. The number of nitrogens with two attached hydrogens (primary N) is 2. The molecule has 0 aromatic heterocycles. The maximum atomic E-state index is 9.68. The molecule has 1 aliphatic heterocycles. The molecule has 2 aromatic carbocycles. The van der Waals surface area contributed by atoms with Gasteiger partial charge in [0.1, 0.15) is 23.1 Å². The maximum absolute atomic E-state index is 9.68. The molecule has 0 amide bonds. The fourth-order valence-electron chi connectivity index (χ4n) is 2.52. The van der Waals surface area contributed by atoms with Gasteiger partial charge in [0.2, 0.25) is 5.88 Å². The third-order valence-electron chi connectivity index (χ3n) is 3.45. The number of aromatic hydroxyl groups is 1. The summed E-state index contributed by atoms with van der Waals surface area (Å²) in [5.74, 6) is 0.335. The lowest BCUT2D eigenvalue weighted by Crippen LogP contribution is -2.21. The van der Waals surface area contributed by atoms with Gasteiger partial charge < -0.3 is 21.3 Å². The van der Waals surface area contributed by atoms with Gasteiger partial charge in [-0.25, -0.2) is 0 Å². The first kappa shape index (κ1) is 12.9. The highest BCUT2D eigenvalue weighted by Gasteiger charge is 2.30. The summed E-state index contributed by atoms with van der Waals surface area (Å²) >= 11 is 0. The van der Waals surface area contributed by atoms with Crippen LogP contribution in [-0.4, -0.2) is 5.11 Å². The largest absolute Gasteiger partial charge is 0.508 e. The Bertz CT molecular complexity index is 790. The van der Waals surface area contributed by atoms with E-state index in [1.54, 1.807) is 30.3 Å². The van der Waals surface area contributed by atoms with E-state index in [4.69, 9.17) is 16.2 Å². The number of benzene rings is 2. The minimum atomic E-state index is -0.383. The second kappa shape index (κ2) is 4.76. The van der Waals surface area contributed by atoms with Crippen LogP contribution in [-0.2, 0) is 0 Å². The van der Waals surface area contributed by atoms with Gasteiger partial charge in [0, 0.05) is 17.3 Å². The Kier molecular flexibility index (Phi) is 2.92. The van der Waals surface area contributed by atoms with E-state index in [1.807, 2.05) is 12.1 Å². The molecule has 0 aliphatic carbocycles. The zero-order valence-corrected chi connectivity index (χ0v) is 11.1. The molecule has 1 atom stereocenters. The van der Waals surface area contributed by atoms with Crippen LogP contribution in [0.15, 0.2) is 53.9 Å². The van der Waals surface area contributed by atoms with Gasteiger partial charge in [-0.05, 0) is 23.8 Å². The molecule has 5 heteroatoms. The van der Waals surface area contributed by atoms with Gasteiger partial charge in [-0.15, -0.1) is 0 Å². The lowest BCUT2D eigenvalue weighted by Gasteiger charge is -2.26. The minimum absolute atomic E-state index is 0.0592. The van der Waals surface area contributed by atoms with Gasteiger partial charge in [0.25, 0.3) is 0 Å². The van der Waals surface area contributed by atoms with Gasteiger partial charge in [-0.3, -0.25) is 0 Å². The summed E-state index contributed by atoms with van der Waals surface area (Å²) < 4.78 is 5.49. The van der Waals surface area contributed by atoms with Crippen LogP contribution in [0, 0.1) is 11.3 Å². The minimum Gasteiger partial charge on any atom is -0.508 e. The number of nitriles is 1. The van der Waals surface area contributed by atoms with Crippen LogP contribution in [0.5, 0.6) is 11.5 Å². The average Bonchev–Trinajstić information content (AvgIpc) is 2.45. The molecule has 104 valence electrons. The first-order valence-electron chi connectivity index (χ1n) is 6.36. The van der Waals surface area contributed by atoms with Gasteiger partial charge in [-0.1, -0.05) is 18.2 Å². The van der Waals surface area contributed by atoms with Crippen LogP contribution in [0.4, 0.5) is 5.69 Å². The van der Waals surface area contributed by atoms with Crippen LogP contribution in [0.3, 0.4) is 0 Å². The van der Waals surface area contributed by atoms with Crippen molar-refractivity contribution >= 4 is 5.69 Å². The fourth-order valence-corrected chi connectivity index (χ4v) is 2.52. The quantitative estimate of drug-likeness (QED) is 0.694. The van der Waals surface area contributed by atoms with Crippen LogP contribution in [0.25, 0.3) is 0 Å². The average molecular weight is 279 g/mol. The normalized spacial score (nSPS) is 16.8. The molecule has 0 bridgehead atoms. The lowest BCUT2D eigenvalue weighted by molar-refractivity contribution is 0.393. The number of ether oxygens (including phenoxy) is 1. The molecule has 2 aromatic rings. The molecule has 0 saturated carbocycles. The number of nitrogens with zero attached hydrogens (tertiary/aromatic N) is 1. The molecular formula is C16H13N3O2. The van der Waals surface area contributed by atoms with Crippen molar-refractivity contribution in [1.82, 2.24) is 0 Å². The van der Waals surface area contributed by atoms with E-state index in [0.29, 0.717) is 17.0 Å². The van der Waals surface area contributed by atoms with Crippen molar-refractivity contribution in [2.24, 2.45) is 5.73 Å². The predicted molar refractivity (Wildman–Crippen MR) is 78.3 cm³/mol. The first-order chi connectivity index (χ1) is 10.1. The Morgan fingerprint density at radius 3 is 2.67 bits per heavy atom. The Morgan fingerprint density at radius 2 is 1.95 bits per heavy atom. The van der Waals surface area contributed by atoms with E-state index in [9.17, 15) is 10.4 Å². The Hall–Kier alpha value is -3.13. The Balaban J connectivity index is 2.24. The molecule has 1 aliphatic rings. The van der Waals surface area contributed by atoms with E-state index in [2.05, 4.69) is 6.07 Å². The van der Waals surface area contributed by atoms with Crippen LogP contribution in [0.1, 0.15) is 17.0 Å². The van der Waals surface area contributed by atoms with Crippen molar-refractivity contribution in [3.63, 3.8) is 0 Å². The van der Waals surface area contributed by atoms with E-state index >= 15 is 0 Å². The predicted octanol–water partition coefficient (Wildman–Crippen LogP) is 2.19. The maximum Gasteiger partial charge on any atom is 0.205 e. The van der Waals surface area contributed by atoms with Crippen LogP contribution >= 0.6 is 0 Å².